The number of likely N-dealkylation sites (tertiary alicyclic amines) is 1. The zero-order valence-electron chi connectivity index (χ0n) is 10.2. The molecule has 0 bridgehead atoms. The molecule has 0 atom stereocenters. The van der Waals surface area contributed by atoms with Crippen molar-refractivity contribution in [1.29, 1.82) is 0 Å². The zero-order valence-corrected chi connectivity index (χ0v) is 10.2. The standard InChI is InChI=1S/C12H21NO2/c1-10(13-7-5-6-8-13)9-11(14)15-12(2,3)4/h9H,5-8H2,1-4H3. The predicted octanol–water partition coefficient (Wildman–Crippen LogP) is 2.33. The van der Waals surface area contributed by atoms with Crippen LogP contribution in [0.5, 0.6) is 0 Å². The van der Waals surface area contributed by atoms with Gasteiger partial charge in [-0.05, 0) is 40.5 Å². The number of ether oxygens (including phenoxy) is 1. The third kappa shape index (κ3) is 4.36. The number of esters is 1. The molecule has 0 aliphatic carbocycles. The topological polar surface area (TPSA) is 29.5 Å². The third-order valence-corrected chi connectivity index (χ3v) is 2.34. The monoisotopic (exact) mass is 211 g/mol. The van der Waals surface area contributed by atoms with E-state index in [4.69, 9.17) is 4.74 Å². The fourth-order valence-corrected chi connectivity index (χ4v) is 1.66. The van der Waals surface area contributed by atoms with Crippen LogP contribution in [0.1, 0.15) is 40.5 Å². The van der Waals surface area contributed by atoms with Crippen molar-refractivity contribution in [1.82, 2.24) is 4.90 Å². The van der Waals surface area contributed by atoms with Crippen molar-refractivity contribution in [2.45, 2.75) is 46.1 Å². The van der Waals surface area contributed by atoms with Crippen LogP contribution in [0.4, 0.5) is 0 Å². The maximum absolute atomic E-state index is 11.5. The predicted molar refractivity (Wildman–Crippen MR) is 60.4 cm³/mol. The molecule has 0 aromatic rings. The first-order valence-corrected chi connectivity index (χ1v) is 5.55. The van der Waals surface area contributed by atoms with Crippen molar-refractivity contribution in [2.24, 2.45) is 0 Å². The molecule has 0 saturated carbocycles. The molecule has 0 N–H and O–H groups in total. The highest BCUT2D eigenvalue weighted by molar-refractivity contribution is 5.82. The van der Waals surface area contributed by atoms with E-state index in [0.29, 0.717) is 0 Å². The summed E-state index contributed by atoms with van der Waals surface area (Å²) in [4.78, 5) is 13.7. The number of rotatable bonds is 2. The van der Waals surface area contributed by atoms with Crippen molar-refractivity contribution in [3.05, 3.63) is 11.8 Å². The number of allylic oxidation sites excluding steroid dienone is 1. The summed E-state index contributed by atoms with van der Waals surface area (Å²) in [5.74, 6) is -0.244. The van der Waals surface area contributed by atoms with Gasteiger partial charge in [0.15, 0.2) is 0 Å². The van der Waals surface area contributed by atoms with Crippen LogP contribution in [0.15, 0.2) is 11.8 Å². The molecule has 86 valence electrons. The molecule has 15 heavy (non-hydrogen) atoms. The van der Waals surface area contributed by atoms with Gasteiger partial charge >= 0.3 is 5.97 Å². The second-order valence-corrected chi connectivity index (χ2v) is 5.01. The number of nitrogens with zero attached hydrogens (tertiary/aromatic N) is 1. The van der Waals surface area contributed by atoms with Crippen LogP contribution in [-0.4, -0.2) is 29.6 Å². The molecule has 1 saturated heterocycles. The Morgan fingerprint density at radius 2 is 1.80 bits per heavy atom. The van der Waals surface area contributed by atoms with E-state index in [1.807, 2.05) is 27.7 Å². The average molecular weight is 211 g/mol. The molecular formula is C12H21NO2. The Balaban J connectivity index is 2.50. The molecule has 0 spiro atoms. The lowest BCUT2D eigenvalue weighted by molar-refractivity contribution is -0.148. The molecule has 0 aromatic heterocycles. The Hall–Kier alpha value is -0.990. The molecule has 1 fully saturated rings. The SMILES string of the molecule is CC(=CC(=O)OC(C)(C)C)N1CCCC1. The van der Waals surface area contributed by atoms with E-state index in [0.717, 1.165) is 18.8 Å². The lowest BCUT2D eigenvalue weighted by atomic mass is 10.2. The molecule has 3 heteroatoms. The Bertz CT molecular complexity index is 257. The summed E-state index contributed by atoms with van der Waals surface area (Å²) in [5, 5.41) is 0. The minimum atomic E-state index is -0.404. The molecular weight excluding hydrogens is 190 g/mol. The molecule has 3 nitrogen and oxygen atoms in total. The number of hydrogen-bond acceptors (Lipinski definition) is 3. The first-order valence-electron chi connectivity index (χ1n) is 5.55. The van der Waals surface area contributed by atoms with Crippen LogP contribution in [0, 0.1) is 0 Å². The summed E-state index contributed by atoms with van der Waals surface area (Å²) in [5.41, 5.74) is 0.612. The smallest absolute Gasteiger partial charge is 0.333 e. The van der Waals surface area contributed by atoms with E-state index < -0.39 is 5.60 Å². The van der Waals surface area contributed by atoms with E-state index in [-0.39, 0.29) is 5.97 Å². The molecule has 0 aromatic carbocycles. The maximum atomic E-state index is 11.5. The second-order valence-electron chi connectivity index (χ2n) is 5.01. The number of carbonyl (C=O) groups excluding carboxylic acids is 1. The number of carbonyl (C=O) groups is 1. The van der Waals surface area contributed by atoms with Gasteiger partial charge in [-0.2, -0.15) is 0 Å². The zero-order chi connectivity index (χ0) is 11.5. The Morgan fingerprint density at radius 3 is 2.27 bits per heavy atom. The molecule has 1 heterocycles. The van der Waals surface area contributed by atoms with Crippen molar-refractivity contribution in [3.8, 4) is 0 Å². The molecule has 0 radical (unpaired) electrons. The largest absolute Gasteiger partial charge is 0.457 e. The normalized spacial score (nSPS) is 18.1. The average Bonchev–Trinajstić information content (AvgIpc) is 2.50. The quantitative estimate of drug-likeness (QED) is 0.518. The summed E-state index contributed by atoms with van der Waals surface area (Å²) in [6.45, 7) is 9.73. The Morgan fingerprint density at radius 1 is 1.27 bits per heavy atom. The van der Waals surface area contributed by atoms with Gasteiger partial charge in [-0.3, -0.25) is 0 Å². The highest BCUT2D eigenvalue weighted by Gasteiger charge is 2.17. The van der Waals surface area contributed by atoms with Gasteiger partial charge in [0, 0.05) is 24.9 Å². The van der Waals surface area contributed by atoms with Crippen LogP contribution in [0.2, 0.25) is 0 Å². The minimum Gasteiger partial charge on any atom is -0.457 e. The van der Waals surface area contributed by atoms with Crippen molar-refractivity contribution >= 4 is 5.97 Å². The van der Waals surface area contributed by atoms with Gasteiger partial charge in [0.05, 0.1) is 0 Å². The lowest BCUT2D eigenvalue weighted by Crippen LogP contribution is -2.24. The van der Waals surface area contributed by atoms with Gasteiger partial charge in [0.1, 0.15) is 5.60 Å². The fraction of sp³-hybridized carbons (Fsp3) is 0.750. The van der Waals surface area contributed by atoms with Crippen molar-refractivity contribution < 1.29 is 9.53 Å². The highest BCUT2D eigenvalue weighted by atomic mass is 16.6. The summed E-state index contributed by atoms with van der Waals surface area (Å²) < 4.78 is 5.23. The minimum absolute atomic E-state index is 0.244. The summed E-state index contributed by atoms with van der Waals surface area (Å²) >= 11 is 0. The maximum Gasteiger partial charge on any atom is 0.333 e. The molecule has 0 unspecified atom stereocenters. The van der Waals surface area contributed by atoms with E-state index in [1.165, 1.54) is 12.8 Å². The third-order valence-electron chi connectivity index (χ3n) is 2.34. The van der Waals surface area contributed by atoms with Crippen LogP contribution >= 0.6 is 0 Å². The van der Waals surface area contributed by atoms with Gasteiger partial charge < -0.3 is 9.64 Å². The van der Waals surface area contributed by atoms with Crippen LogP contribution < -0.4 is 0 Å². The first-order chi connectivity index (χ1) is 6.88. The highest BCUT2D eigenvalue weighted by Crippen LogP contribution is 2.15. The summed E-state index contributed by atoms with van der Waals surface area (Å²) in [6.07, 6.45) is 4.04. The fourth-order valence-electron chi connectivity index (χ4n) is 1.66. The van der Waals surface area contributed by atoms with Gasteiger partial charge in [-0.15, -0.1) is 0 Å². The van der Waals surface area contributed by atoms with E-state index in [9.17, 15) is 4.79 Å². The second kappa shape index (κ2) is 4.69. The summed E-state index contributed by atoms with van der Waals surface area (Å²) in [7, 11) is 0. The summed E-state index contributed by atoms with van der Waals surface area (Å²) in [6, 6.07) is 0. The molecule has 1 rings (SSSR count). The van der Waals surface area contributed by atoms with Crippen LogP contribution in [-0.2, 0) is 9.53 Å². The van der Waals surface area contributed by atoms with E-state index >= 15 is 0 Å². The van der Waals surface area contributed by atoms with Gasteiger partial charge in [0.25, 0.3) is 0 Å². The Kier molecular flexibility index (Phi) is 3.77. The lowest BCUT2D eigenvalue weighted by Gasteiger charge is -2.21. The molecule has 0 amide bonds. The van der Waals surface area contributed by atoms with Crippen molar-refractivity contribution in [2.75, 3.05) is 13.1 Å². The van der Waals surface area contributed by atoms with Crippen molar-refractivity contribution in [3.63, 3.8) is 0 Å². The van der Waals surface area contributed by atoms with Crippen LogP contribution in [0.25, 0.3) is 0 Å². The van der Waals surface area contributed by atoms with E-state index in [2.05, 4.69) is 4.90 Å². The first kappa shape index (κ1) is 12.1. The van der Waals surface area contributed by atoms with Gasteiger partial charge in [0.2, 0.25) is 0 Å². The van der Waals surface area contributed by atoms with E-state index in [1.54, 1.807) is 6.08 Å². The van der Waals surface area contributed by atoms with Crippen LogP contribution in [0.3, 0.4) is 0 Å². The van der Waals surface area contributed by atoms with Gasteiger partial charge in [-0.1, -0.05) is 0 Å². The number of hydrogen-bond donors (Lipinski definition) is 0. The molecule has 1 aliphatic rings. The van der Waals surface area contributed by atoms with Gasteiger partial charge in [-0.25, -0.2) is 4.79 Å². The molecule has 1 aliphatic heterocycles. The Labute approximate surface area is 92.1 Å².